The summed E-state index contributed by atoms with van der Waals surface area (Å²) in [6.07, 6.45) is 0.550. The van der Waals surface area contributed by atoms with Gasteiger partial charge < -0.3 is 15.2 Å². The van der Waals surface area contributed by atoms with Gasteiger partial charge in [-0.2, -0.15) is 0 Å². The van der Waals surface area contributed by atoms with Gasteiger partial charge in [0.1, 0.15) is 11.6 Å². The fraction of sp³-hybridized carbons (Fsp3) is 0.417. The van der Waals surface area contributed by atoms with Crippen molar-refractivity contribution in [3.63, 3.8) is 0 Å². The maximum absolute atomic E-state index is 13.2. The van der Waals surface area contributed by atoms with E-state index < -0.39 is 17.5 Å². The van der Waals surface area contributed by atoms with Crippen LogP contribution in [-0.4, -0.2) is 37.4 Å². The first-order valence-electron chi connectivity index (χ1n) is 5.57. The summed E-state index contributed by atoms with van der Waals surface area (Å²) in [6, 6.07) is 2.80. The van der Waals surface area contributed by atoms with Crippen LogP contribution in [0.5, 0.6) is 0 Å². The van der Waals surface area contributed by atoms with Crippen molar-refractivity contribution in [3.05, 3.63) is 35.4 Å². The van der Waals surface area contributed by atoms with Crippen molar-refractivity contribution in [2.45, 2.75) is 6.42 Å². The molecule has 0 bridgehead atoms. The van der Waals surface area contributed by atoms with E-state index in [0.29, 0.717) is 25.6 Å². The Morgan fingerprint density at radius 3 is 2.78 bits per heavy atom. The van der Waals surface area contributed by atoms with Crippen LogP contribution >= 0.6 is 0 Å². The Balaban J connectivity index is 2.32. The fourth-order valence-corrected chi connectivity index (χ4v) is 1.31. The lowest BCUT2D eigenvalue weighted by Crippen LogP contribution is -2.26. The second kappa shape index (κ2) is 7.73. The number of ether oxygens (including phenoxy) is 1. The van der Waals surface area contributed by atoms with Crippen molar-refractivity contribution in [3.8, 4) is 0 Å². The lowest BCUT2D eigenvalue weighted by Gasteiger charge is -2.06. The predicted molar refractivity (Wildman–Crippen MR) is 61.2 cm³/mol. The maximum Gasteiger partial charge on any atom is 0.254 e. The van der Waals surface area contributed by atoms with E-state index in [1.54, 1.807) is 0 Å². The molecule has 0 atom stereocenters. The Hall–Kier alpha value is -1.53. The molecule has 0 aromatic heterocycles. The average Bonchev–Trinajstić information content (AvgIpc) is 2.33. The third-order valence-corrected chi connectivity index (χ3v) is 2.16. The van der Waals surface area contributed by atoms with Crippen molar-refractivity contribution in [2.24, 2.45) is 0 Å². The number of hydrogen-bond donors (Lipinski definition) is 2. The SMILES string of the molecule is O=C(NCCCOCCO)c1ccc(F)cc1F. The Kier molecular flexibility index (Phi) is 6.24. The molecule has 100 valence electrons. The highest BCUT2D eigenvalue weighted by Gasteiger charge is 2.11. The average molecular weight is 259 g/mol. The number of aliphatic hydroxyl groups is 1. The minimum absolute atomic E-state index is 0.0485. The Morgan fingerprint density at radius 2 is 2.11 bits per heavy atom. The summed E-state index contributed by atoms with van der Waals surface area (Å²) in [5, 5.41) is 10.9. The molecular weight excluding hydrogens is 244 g/mol. The van der Waals surface area contributed by atoms with Gasteiger partial charge in [0, 0.05) is 19.2 Å². The highest BCUT2D eigenvalue weighted by molar-refractivity contribution is 5.94. The molecule has 0 unspecified atom stereocenters. The molecule has 0 spiro atoms. The first-order valence-corrected chi connectivity index (χ1v) is 5.57. The summed E-state index contributed by atoms with van der Waals surface area (Å²) < 4.78 is 30.8. The molecule has 0 heterocycles. The molecule has 0 aliphatic heterocycles. The highest BCUT2D eigenvalue weighted by Crippen LogP contribution is 2.09. The molecule has 18 heavy (non-hydrogen) atoms. The van der Waals surface area contributed by atoms with E-state index in [2.05, 4.69) is 5.32 Å². The predicted octanol–water partition coefficient (Wildman–Crippen LogP) is 1.09. The van der Waals surface area contributed by atoms with Crippen LogP contribution in [-0.2, 0) is 4.74 Å². The zero-order valence-corrected chi connectivity index (χ0v) is 9.79. The Morgan fingerprint density at radius 1 is 1.33 bits per heavy atom. The van der Waals surface area contributed by atoms with E-state index >= 15 is 0 Å². The van der Waals surface area contributed by atoms with Gasteiger partial charge in [-0.05, 0) is 18.6 Å². The van der Waals surface area contributed by atoms with E-state index in [-0.39, 0.29) is 18.8 Å². The summed E-state index contributed by atoms with van der Waals surface area (Å²) in [5.74, 6) is -2.19. The summed E-state index contributed by atoms with van der Waals surface area (Å²) in [7, 11) is 0. The van der Waals surface area contributed by atoms with Crippen molar-refractivity contribution in [2.75, 3.05) is 26.4 Å². The van der Waals surface area contributed by atoms with Crippen molar-refractivity contribution >= 4 is 5.91 Å². The van der Waals surface area contributed by atoms with Gasteiger partial charge in [0.15, 0.2) is 0 Å². The number of aliphatic hydroxyl groups excluding tert-OH is 1. The normalized spacial score (nSPS) is 10.4. The van der Waals surface area contributed by atoms with E-state index in [1.807, 2.05) is 0 Å². The lowest BCUT2D eigenvalue weighted by molar-refractivity contribution is 0.0866. The number of carbonyl (C=O) groups excluding carboxylic acids is 1. The van der Waals surface area contributed by atoms with Gasteiger partial charge >= 0.3 is 0 Å². The molecule has 0 fully saturated rings. The monoisotopic (exact) mass is 259 g/mol. The molecule has 0 saturated carbocycles. The van der Waals surface area contributed by atoms with Crippen LogP contribution in [0.15, 0.2) is 18.2 Å². The summed E-state index contributed by atoms with van der Waals surface area (Å²) in [6.45, 7) is 0.918. The van der Waals surface area contributed by atoms with Gasteiger partial charge in [0.05, 0.1) is 18.8 Å². The molecule has 0 saturated heterocycles. The van der Waals surface area contributed by atoms with Gasteiger partial charge in [0.2, 0.25) is 0 Å². The summed E-state index contributed by atoms with van der Waals surface area (Å²) in [5.41, 5.74) is -0.187. The van der Waals surface area contributed by atoms with Crippen LogP contribution in [0.4, 0.5) is 8.78 Å². The molecule has 4 nitrogen and oxygen atoms in total. The van der Waals surface area contributed by atoms with Crippen molar-refractivity contribution < 1.29 is 23.4 Å². The van der Waals surface area contributed by atoms with E-state index in [9.17, 15) is 13.6 Å². The number of hydrogen-bond acceptors (Lipinski definition) is 3. The number of carbonyl (C=O) groups is 1. The van der Waals surface area contributed by atoms with Gasteiger partial charge in [-0.25, -0.2) is 8.78 Å². The van der Waals surface area contributed by atoms with Gasteiger partial charge in [-0.15, -0.1) is 0 Å². The molecule has 0 aliphatic rings. The van der Waals surface area contributed by atoms with E-state index in [1.165, 1.54) is 0 Å². The molecule has 1 amide bonds. The number of amides is 1. The second-order valence-corrected chi connectivity index (χ2v) is 3.57. The Labute approximate surface area is 104 Å². The number of halogens is 2. The maximum atomic E-state index is 13.2. The largest absolute Gasteiger partial charge is 0.394 e. The minimum Gasteiger partial charge on any atom is -0.394 e. The number of nitrogens with one attached hydrogen (secondary N) is 1. The Bertz CT molecular complexity index is 399. The van der Waals surface area contributed by atoms with Crippen LogP contribution in [0.1, 0.15) is 16.8 Å². The topological polar surface area (TPSA) is 58.6 Å². The zero-order valence-electron chi connectivity index (χ0n) is 9.79. The third kappa shape index (κ3) is 4.77. The smallest absolute Gasteiger partial charge is 0.254 e. The third-order valence-electron chi connectivity index (χ3n) is 2.16. The van der Waals surface area contributed by atoms with Gasteiger partial charge in [0.25, 0.3) is 5.91 Å². The van der Waals surface area contributed by atoms with Crippen LogP contribution in [0.3, 0.4) is 0 Å². The fourth-order valence-electron chi connectivity index (χ4n) is 1.31. The van der Waals surface area contributed by atoms with Crippen LogP contribution in [0.2, 0.25) is 0 Å². The second-order valence-electron chi connectivity index (χ2n) is 3.57. The van der Waals surface area contributed by atoms with Crippen LogP contribution in [0.25, 0.3) is 0 Å². The highest BCUT2D eigenvalue weighted by atomic mass is 19.1. The minimum atomic E-state index is -0.885. The van der Waals surface area contributed by atoms with Gasteiger partial charge in [-0.1, -0.05) is 0 Å². The molecule has 1 aromatic rings. The molecule has 0 radical (unpaired) electrons. The molecule has 1 aromatic carbocycles. The van der Waals surface area contributed by atoms with Crippen LogP contribution < -0.4 is 5.32 Å². The molecular formula is C12H15F2NO3. The first-order chi connectivity index (χ1) is 8.65. The van der Waals surface area contributed by atoms with Crippen LogP contribution in [0, 0.1) is 11.6 Å². The molecule has 2 N–H and O–H groups in total. The lowest BCUT2D eigenvalue weighted by atomic mass is 10.2. The summed E-state index contributed by atoms with van der Waals surface area (Å²) >= 11 is 0. The van der Waals surface area contributed by atoms with E-state index in [0.717, 1.165) is 12.1 Å². The zero-order chi connectivity index (χ0) is 13.4. The van der Waals surface area contributed by atoms with Gasteiger partial charge in [-0.3, -0.25) is 4.79 Å². The summed E-state index contributed by atoms with van der Waals surface area (Å²) in [4.78, 5) is 11.5. The van der Waals surface area contributed by atoms with Crippen molar-refractivity contribution in [1.29, 1.82) is 0 Å². The number of rotatable bonds is 7. The number of benzene rings is 1. The molecule has 1 rings (SSSR count). The van der Waals surface area contributed by atoms with E-state index in [4.69, 9.17) is 9.84 Å². The molecule has 0 aliphatic carbocycles. The molecule has 6 heteroatoms. The first kappa shape index (κ1) is 14.5. The van der Waals surface area contributed by atoms with Crippen molar-refractivity contribution in [1.82, 2.24) is 5.32 Å². The quantitative estimate of drug-likeness (QED) is 0.721. The standard InChI is InChI=1S/C12H15F2NO3/c13-9-2-3-10(11(14)8-9)12(17)15-4-1-6-18-7-5-16/h2-3,8,16H,1,4-7H2,(H,15,17).